The molecule has 3 aromatic rings. The maximum Gasteiger partial charge on any atom is 0.0845 e. The standard InChI is InChI=1S/C19H22Cl2N2O/c1-3-22(4-2)11-15(24)12-23-18-7-5-13(20)9-16(18)17-10-14(21)6-8-19(17)23/h5-10,15,24H,3-4,11-12H2,1-2H3/t15-/m0/s1. The van der Waals surface area contributed by atoms with Gasteiger partial charge in [0, 0.05) is 38.4 Å². The first-order chi connectivity index (χ1) is 11.5. The van der Waals surface area contributed by atoms with Gasteiger partial charge in [0.25, 0.3) is 0 Å². The number of benzene rings is 2. The Labute approximate surface area is 152 Å². The molecule has 1 aromatic heterocycles. The third-order valence-corrected chi connectivity index (χ3v) is 5.02. The molecular weight excluding hydrogens is 343 g/mol. The number of rotatable bonds is 6. The molecule has 0 amide bonds. The molecule has 0 spiro atoms. The third kappa shape index (κ3) is 3.40. The number of aliphatic hydroxyl groups is 1. The van der Waals surface area contributed by atoms with Gasteiger partial charge in [-0.1, -0.05) is 37.0 Å². The van der Waals surface area contributed by atoms with Crippen LogP contribution in [0.25, 0.3) is 21.8 Å². The Kier molecular flexibility index (Phi) is 5.36. The molecule has 24 heavy (non-hydrogen) atoms. The highest BCUT2D eigenvalue weighted by Crippen LogP contribution is 2.33. The highest BCUT2D eigenvalue weighted by molar-refractivity contribution is 6.33. The van der Waals surface area contributed by atoms with Crippen LogP contribution in [0.3, 0.4) is 0 Å². The summed E-state index contributed by atoms with van der Waals surface area (Å²) in [5, 5.41) is 14.1. The largest absolute Gasteiger partial charge is 0.390 e. The molecule has 1 atom stereocenters. The number of aromatic nitrogens is 1. The predicted octanol–water partition coefficient (Wildman–Crippen LogP) is 4.80. The van der Waals surface area contributed by atoms with E-state index in [0.717, 1.165) is 34.9 Å². The summed E-state index contributed by atoms with van der Waals surface area (Å²) in [5.74, 6) is 0. The average molecular weight is 365 g/mol. The monoisotopic (exact) mass is 364 g/mol. The molecule has 0 aliphatic carbocycles. The lowest BCUT2D eigenvalue weighted by atomic mass is 10.1. The van der Waals surface area contributed by atoms with Gasteiger partial charge in [-0.05, 0) is 49.5 Å². The van der Waals surface area contributed by atoms with Crippen molar-refractivity contribution in [2.75, 3.05) is 19.6 Å². The number of halogens is 2. The summed E-state index contributed by atoms with van der Waals surface area (Å²) in [6.07, 6.45) is -0.435. The fourth-order valence-electron chi connectivity index (χ4n) is 3.29. The summed E-state index contributed by atoms with van der Waals surface area (Å²) in [4.78, 5) is 2.23. The number of hydrogen-bond acceptors (Lipinski definition) is 2. The Morgan fingerprint density at radius 2 is 1.46 bits per heavy atom. The first-order valence-corrected chi connectivity index (χ1v) is 9.06. The zero-order valence-corrected chi connectivity index (χ0v) is 15.5. The molecule has 0 saturated carbocycles. The van der Waals surface area contributed by atoms with Gasteiger partial charge >= 0.3 is 0 Å². The van der Waals surface area contributed by atoms with Gasteiger partial charge in [-0.2, -0.15) is 0 Å². The number of fused-ring (bicyclic) bond motifs is 3. The van der Waals surface area contributed by atoms with E-state index >= 15 is 0 Å². The van der Waals surface area contributed by atoms with E-state index in [1.807, 2.05) is 36.4 Å². The van der Waals surface area contributed by atoms with E-state index in [-0.39, 0.29) is 0 Å². The number of aliphatic hydroxyl groups excluding tert-OH is 1. The minimum atomic E-state index is -0.435. The molecule has 128 valence electrons. The van der Waals surface area contributed by atoms with Crippen LogP contribution in [-0.2, 0) is 6.54 Å². The van der Waals surface area contributed by atoms with Crippen molar-refractivity contribution in [1.82, 2.24) is 9.47 Å². The summed E-state index contributed by atoms with van der Waals surface area (Å²) in [5.41, 5.74) is 2.13. The van der Waals surface area contributed by atoms with E-state index in [2.05, 4.69) is 23.3 Å². The lowest BCUT2D eigenvalue weighted by molar-refractivity contribution is 0.105. The van der Waals surface area contributed by atoms with Crippen LogP contribution in [0, 0.1) is 0 Å². The van der Waals surface area contributed by atoms with E-state index in [0.29, 0.717) is 23.1 Å². The summed E-state index contributed by atoms with van der Waals surface area (Å²) in [6, 6.07) is 11.7. The van der Waals surface area contributed by atoms with Gasteiger partial charge in [0.1, 0.15) is 0 Å². The van der Waals surface area contributed by atoms with Gasteiger partial charge < -0.3 is 14.6 Å². The quantitative estimate of drug-likeness (QED) is 0.679. The molecule has 2 aromatic carbocycles. The normalized spacial score (nSPS) is 13.2. The van der Waals surface area contributed by atoms with E-state index in [1.165, 1.54) is 0 Å². The second kappa shape index (κ2) is 7.32. The van der Waals surface area contributed by atoms with Crippen molar-refractivity contribution in [3.8, 4) is 0 Å². The van der Waals surface area contributed by atoms with Crippen LogP contribution < -0.4 is 0 Å². The number of likely N-dealkylation sites (N-methyl/N-ethyl adjacent to an activating group) is 1. The fraction of sp³-hybridized carbons (Fsp3) is 0.368. The van der Waals surface area contributed by atoms with Crippen molar-refractivity contribution in [3.63, 3.8) is 0 Å². The van der Waals surface area contributed by atoms with E-state index in [4.69, 9.17) is 23.2 Å². The maximum absolute atomic E-state index is 10.6. The Balaban J connectivity index is 2.05. The van der Waals surface area contributed by atoms with Crippen LogP contribution in [-0.4, -0.2) is 40.3 Å². The van der Waals surface area contributed by atoms with Crippen LogP contribution in [0.2, 0.25) is 10.0 Å². The van der Waals surface area contributed by atoms with Crippen molar-refractivity contribution in [2.24, 2.45) is 0 Å². The van der Waals surface area contributed by atoms with E-state index in [9.17, 15) is 5.11 Å². The number of nitrogens with zero attached hydrogens (tertiary/aromatic N) is 2. The Morgan fingerprint density at radius 1 is 0.958 bits per heavy atom. The molecule has 5 heteroatoms. The smallest absolute Gasteiger partial charge is 0.0845 e. The highest BCUT2D eigenvalue weighted by atomic mass is 35.5. The van der Waals surface area contributed by atoms with Gasteiger partial charge in [0.15, 0.2) is 0 Å². The van der Waals surface area contributed by atoms with Gasteiger partial charge in [0.05, 0.1) is 12.6 Å². The second-order valence-electron chi connectivity index (χ2n) is 6.07. The van der Waals surface area contributed by atoms with Crippen molar-refractivity contribution in [2.45, 2.75) is 26.5 Å². The Morgan fingerprint density at radius 3 is 1.92 bits per heavy atom. The van der Waals surface area contributed by atoms with Gasteiger partial charge in [-0.3, -0.25) is 0 Å². The van der Waals surface area contributed by atoms with Gasteiger partial charge in [0.2, 0.25) is 0 Å². The van der Waals surface area contributed by atoms with Gasteiger partial charge in [-0.25, -0.2) is 0 Å². The summed E-state index contributed by atoms with van der Waals surface area (Å²) >= 11 is 12.4. The van der Waals surface area contributed by atoms with Crippen LogP contribution in [0.5, 0.6) is 0 Å². The van der Waals surface area contributed by atoms with Crippen LogP contribution in [0.15, 0.2) is 36.4 Å². The minimum Gasteiger partial charge on any atom is -0.390 e. The molecule has 0 aliphatic heterocycles. The van der Waals surface area contributed by atoms with E-state index < -0.39 is 6.10 Å². The summed E-state index contributed by atoms with van der Waals surface area (Å²) in [7, 11) is 0. The molecule has 0 aliphatic rings. The van der Waals surface area contributed by atoms with Crippen LogP contribution >= 0.6 is 23.2 Å². The topological polar surface area (TPSA) is 28.4 Å². The Bertz CT molecular complexity index is 796. The van der Waals surface area contributed by atoms with Crippen LogP contribution in [0.1, 0.15) is 13.8 Å². The van der Waals surface area contributed by atoms with Crippen molar-refractivity contribution in [1.29, 1.82) is 0 Å². The predicted molar refractivity (Wildman–Crippen MR) is 103 cm³/mol. The highest BCUT2D eigenvalue weighted by Gasteiger charge is 2.16. The molecule has 1 heterocycles. The zero-order chi connectivity index (χ0) is 17.3. The minimum absolute atomic E-state index is 0.435. The molecule has 0 saturated heterocycles. The van der Waals surface area contributed by atoms with Crippen molar-refractivity contribution in [3.05, 3.63) is 46.4 Å². The first kappa shape index (κ1) is 17.6. The fourth-order valence-corrected chi connectivity index (χ4v) is 3.64. The van der Waals surface area contributed by atoms with E-state index in [1.54, 1.807) is 0 Å². The van der Waals surface area contributed by atoms with Crippen molar-refractivity contribution >= 4 is 45.0 Å². The maximum atomic E-state index is 10.6. The second-order valence-corrected chi connectivity index (χ2v) is 6.95. The summed E-state index contributed by atoms with van der Waals surface area (Å²) < 4.78 is 2.16. The average Bonchev–Trinajstić information content (AvgIpc) is 2.85. The number of hydrogen-bond donors (Lipinski definition) is 1. The first-order valence-electron chi connectivity index (χ1n) is 8.31. The molecule has 3 nitrogen and oxygen atoms in total. The van der Waals surface area contributed by atoms with Gasteiger partial charge in [-0.15, -0.1) is 0 Å². The van der Waals surface area contributed by atoms with Crippen LogP contribution in [0.4, 0.5) is 0 Å². The molecule has 0 radical (unpaired) electrons. The molecule has 1 N–H and O–H groups in total. The molecule has 0 bridgehead atoms. The lowest BCUT2D eigenvalue weighted by Gasteiger charge is -2.22. The zero-order valence-electron chi connectivity index (χ0n) is 14.0. The SMILES string of the molecule is CCN(CC)C[C@H](O)Cn1c2ccc(Cl)cc2c2cc(Cl)ccc21. The molecule has 0 unspecified atom stereocenters. The third-order valence-electron chi connectivity index (χ3n) is 4.55. The lowest BCUT2D eigenvalue weighted by Crippen LogP contribution is -2.34. The van der Waals surface area contributed by atoms with Crippen molar-refractivity contribution < 1.29 is 5.11 Å². The molecule has 0 fully saturated rings. The molecular formula is C19H22Cl2N2O. The summed E-state index contributed by atoms with van der Waals surface area (Å²) in [6.45, 7) is 7.30. The Hall–Kier alpha value is -1.26. The molecule has 3 rings (SSSR count).